The summed E-state index contributed by atoms with van der Waals surface area (Å²) in [7, 11) is 0. The maximum absolute atomic E-state index is 13.0. The predicted octanol–water partition coefficient (Wildman–Crippen LogP) is 3.56. The first-order valence-electron chi connectivity index (χ1n) is 9.01. The number of ketones is 1. The van der Waals surface area contributed by atoms with E-state index in [1.54, 1.807) is 0 Å². The van der Waals surface area contributed by atoms with Crippen molar-refractivity contribution in [1.82, 2.24) is 4.90 Å². The zero-order valence-electron chi connectivity index (χ0n) is 13.4. The van der Waals surface area contributed by atoms with Crippen molar-refractivity contribution in [3.63, 3.8) is 0 Å². The van der Waals surface area contributed by atoms with Crippen LogP contribution in [0.2, 0.25) is 0 Å². The van der Waals surface area contributed by atoms with Crippen molar-refractivity contribution in [1.29, 1.82) is 0 Å². The summed E-state index contributed by atoms with van der Waals surface area (Å²) in [6.07, 6.45) is 10.7. The van der Waals surface area contributed by atoms with Gasteiger partial charge in [0.15, 0.2) is 0 Å². The molecule has 21 heavy (non-hydrogen) atoms. The zero-order valence-corrected chi connectivity index (χ0v) is 13.4. The molecular weight excluding hydrogens is 262 g/mol. The lowest BCUT2D eigenvalue weighted by Crippen LogP contribution is -2.52. The van der Waals surface area contributed by atoms with Crippen LogP contribution in [0.3, 0.4) is 0 Å². The van der Waals surface area contributed by atoms with E-state index in [0.29, 0.717) is 17.6 Å². The first-order valence-corrected chi connectivity index (χ1v) is 9.01. The maximum Gasteiger partial charge on any atom is 0.226 e. The molecule has 0 aromatic carbocycles. The first kappa shape index (κ1) is 15.1. The fraction of sp³-hybridized carbons (Fsp3) is 0.889. The van der Waals surface area contributed by atoms with Gasteiger partial charge in [-0.25, -0.2) is 0 Å². The molecular formula is C18H29NO2. The highest BCUT2D eigenvalue weighted by Gasteiger charge is 2.41. The largest absolute Gasteiger partial charge is 0.339 e. The number of hydrogen-bond donors (Lipinski definition) is 0. The van der Waals surface area contributed by atoms with Crippen molar-refractivity contribution in [2.24, 2.45) is 17.8 Å². The molecule has 0 aromatic heterocycles. The van der Waals surface area contributed by atoms with Gasteiger partial charge in [0, 0.05) is 30.8 Å². The topological polar surface area (TPSA) is 37.4 Å². The number of piperidine rings is 1. The number of likely N-dealkylation sites (tertiary alicyclic amines) is 1. The van der Waals surface area contributed by atoms with E-state index in [2.05, 4.69) is 11.8 Å². The highest BCUT2D eigenvalue weighted by atomic mass is 16.2. The van der Waals surface area contributed by atoms with Crippen molar-refractivity contribution in [3.05, 3.63) is 0 Å². The quantitative estimate of drug-likeness (QED) is 0.780. The van der Waals surface area contributed by atoms with Crippen LogP contribution >= 0.6 is 0 Å². The van der Waals surface area contributed by atoms with Gasteiger partial charge in [-0.15, -0.1) is 0 Å². The molecule has 0 radical (unpaired) electrons. The molecule has 1 amide bonds. The molecule has 118 valence electrons. The van der Waals surface area contributed by atoms with Crippen molar-refractivity contribution in [2.75, 3.05) is 6.54 Å². The van der Waals surface area contributed by atoms with E-state index >= 15 is 0 Å². The molecule has 0 N–H and O–H groups in total. The SMILES string of the molecule is CC1CCCC1C(=O)N1CCCCC1C1CCCCC1=O. The molecule has 3 heteroatoms. The van der Waals surface area contributed by atoms with Gasteiger partial charge in [-0.3, -0.25) is 9.59 Å². The Bertz CT molecular complexity index is 406. The average molecular weight is 291 g/mol. The normalized spacial score (nSPS) is 37.8. The molecule has 3 aliphatic rings. The molecule has 3 rings (SSSR count). The minimum atomic E-state index is 0.139. The van der Waals surface area contributed by atoms with Crippen LogP contribution in [0.4, 0.5) is 0 Å². The minimum Gasteiger partial charge on any atom is -0.339 e. The number of rotatable bonds is 2. The van der Waals surface area contributed by atoms with Gasteiger partial charge in [0.25, 0.3) is 0 Å². The van der Waals surface area contributed by atoms with Crippen LogP contribution in [0.5, 0.6) is 0 Å². The molecule has 2 saturated carbocycles. The van der Waals surface area contributed by atoms with Crippen LogP contribution in [0.25, 0.3) is 0 Å². The molecule has 3 nitrogen and oxygen atoms in total. The van der Waals surface area contributed by atoms with E-state index in [1.807, 2.05) is 0 Å². The number of carbonyl (C=O) groups excluding carboxylic acids is 2. The van der Waals surface area contributed by atoms with Gasteiger partial charge >= 0.3 is 0 Å². The van der Waals surface area contributed by atoms with Crippen LogP contribution < -0.4 is 0 Å². The standard InChI is InChI=1S/C18H29NO2/c1-13-7-6-9-14(13)18(21)19-12-5-4-10-16(19)15-8-2-3-11-17(15)20/h13-16H,2-12H2,1H3. The third-order valence-corrected chi connectivity index (χ3v) is 6.08. The third-order valence-electron chi connectivity index (χ3n) is 6.08. The van der Waals surface area contributed by atoms with E-state index in [9.17, 15) is 9.59 Å². The molecule has 1 aliphatic heterocycles. The molecule has 3 fully saturated rings. The molecule has 0 bridgehead atoms. The molecule has 1 heterocycles. The van der Waals surface area contributed by atoms with Gasteiger partial charge in [-0.1, -0.05) is 19.8 Å². The number of amides is 1. The van der Waals surface area contributed by atoms with Crippen LogP contribution in [0.1, 0.15) is 71.1 Å². The molecule has 4 unspecified atom stereocenters. The zero-order chi connectivity index (χ0) is 14.8. The highest BCUT2D eigenvalue weighted by Crippen LogP contribution is 2.37. The summed E-state index contributed by atoms with van der Waals surface area (Å²) in [6.45, 7) is 3.11. The Morgan fingerprint density at radius 2 is 1.81 bits per heavy atom. The van der Waals surface area contributed by atoms with Gasteiger partial charge in [-0.2, -0.15) is 0 Å². The molecule has 0 spiro atoms. The lowest BCUT2D eigenvalue weighted by molar-refractivity contribution is -0.144. The Labute approximate surface area is 128 Å². The van der Waals surface area contributed by atoms with Crippen LogP contribution in [0.15, 0.2) is 0 Å². The van der Waals surface area contributed by atoms with E-state index < -0.39 is 0 Å². The lowest BCUT2D eigenvalue weighted by atomic mass is 9.78. The summed E-state index contributed by atoms with van der Waals surface area (Å²) >= 11 is 0. The third kappa shape index (κ3) is 3.02. The van der Waals surface area contributed by atoms with E-state index in [-0.39, 0.29) is 17.9 Å². The number of hydrogen-bond acceptors (Lipinski definition) is 2. The summed E-state index contributed by atoms with van der Waals surface area (Å²) in [6, 6.07) is 0.215. The summed E-state index contributed by atoms with van der Waals surface area (Å²) in [5.41, 5.74) is 0. The van der Waals surface area contributed by atoms with Gasteiger partial charge in [0.2, 0.25) is 5.91 Å². The second-order valence-electron chi connectivity index (χ2n) is 7.43. The summed E-state index contributed by atoms with van der Waals surface area (Å²) < 4.78 is 0. The number of nitrogens with zero attached hydrogens (tertiary/aromatic N) is 1. The average Bonchev–Trinajstić information content (AvgIpc) is 2.93. The molecule has 2 aliphatic carbocycles. The predicted molar refractivity (Wildman–Crippen MR) is 82.8 cm³/mol. The summed E-state index contributed by atoms with van der Waals surface area (Å²) in [4.78, 5) is 27.4. The summed E-state index contributed by atoms with van der Waals surface area (Å²) in [5.74, 6) is 1.68. The fourth-order valence-electron chi connectivity index (χ4n) is 4.79. The molecule has 4 atom stereocenters. The molecule has 1 saturated heterocycles. The monoisotopic (exact) mass is 291 g/mol. The Morgan fingerprint density at radius 3 is 2.52 bits per heavy atom. The smallest absolute Gasteiger partial charge is 0.226 e. The second-order valence-corrected chi connectivity index (χ2v) is 7.43. The number of Topliss-reactive ketones (excluding diaryl/α,β-unsaturated/α-hetero) is 1. The highest BCUT2D eigenvalue weighted by molar-refractivity contribution is 5.84. The van der Waals surface area contributed by atoms with E-state index in [0.717, 1.165) is 51.5 Å². The van der Waals surface area contributed by atoms with Gasteiger partial charge in [0.1, 0.15) is 5.78 Å². The van der Waals surface area contributed by atoms with Crippen molar-refractivity contribution in [3.8, 4) is 0 Å². The number of carbonyl (C=O) groups is 2. The first-order chi connectivity index (χ1) is 10.2. The van der Waals surface area contributed by atoms with E-state index in [1.165, 1.54) is 19.3 Å². The maximum atomic E-state index is 13.0. The van der Waals surface area contributed by atoms with Crippen LogP contribution in [-0.2, 0) is 9.59 Å². The Balaban J connectivity index is 1.74. The van der Waals surface area contributed by atoms with Gasteiger partial charge in [0.05, 0.1) is 0 Å². The molecule has 0 aromatic rings. The Kier molecular flexibility index (Phi) is 4.66. The fourth-order valence-corrected chi connectivity index (χ4v) is 4.79. The van der Waals surface area contributed by atoms with E-state index in [4.69, 9.17) is 0 Å². The second kappa shape index (κ2) is 6.50. The van der Waals surface area contributed by atoms with Crippen LogP contribution in [-0.4, -0.2) is 29.2 Å². The summed E-state index contributed by atoms with van der Waals surface area (Å²) in [5, 5.41) is 0. The lowest BCUT2D eigenvalue weighted by Gasteiger charge is -2.42. The van der Waals surface area contributed by atoms with Crippen LogP contribution in [0, 0.1) is 17.8 Å². The Morgan fingerprint density at radius 1 is 1.00 bits per heavy atom. The van der Waals surface area contributed by atoms with Crippen molar-refractivity contribution in [2.45, 2.75) is 77.2 Å². The van der Waals surface area contributed by atoms with Crippen molar-refractivity contribution >= 4 is 11.7 Å². The van der Waals surface area contributed by atoms with Gasteiger partial charge in [-0.05, 0) is 50.9 Å². The van der Waals surface area contributed by atoms with Crippen molar-refractivity contribution < 1.29 is 9.59 Å². The Hall–Kier alpha value is -0.860. The van der Waals surface area contributed by atoms with Gasteiger partial charge < -0.3 is 4.90 Å². The minimum absolute atomic E-state index is 0.139.